The monoisotopic (exact) mass is 288 g/mol. The van der Waals surface area contributed by atoms with Gasteiger partial charge >= 0.3 is 5.97 Å². The fourth-order valence-corrected chi connectivity index (χ4v) is 1.47. The highest BCUT2D eigenvalue weighted by atomic mass is 16.4. The highest BCUT2D eigenvalue weighted by Gasteiger charge is 2.09. The molecule has 0 heterocycles. The van der Waals surface area contributed by atoms with Crippen LogP contribution < -0.4 is 16.4 Å². The SMILES string of the molecule is Cc1ccc(N)c(N/C=C(/C#N)C(=O)NCCC(=O)O)c1. The maximum absolute atomic E-state index is 11.7. The van der Waals surface area contributed by atoms with E-state index < -0.39 is 11.9 Å². The Bertz CT molecular complexity index is 617. The van der Waals surface area contributed by atoms with E-state index in [0.717, 1.165) is 5.56 Å². The van der Waals surface area contributed by atoms with Crippen molar-refractivity contribution in [2.45, 2.75) is 13.3 Å². The molecule has 7 nitrogen and oxygen atoms in total. The molecule has 0 radical (unpaired) electrons. The topological polar surface area (TPSA) is 128 Å². The number of carbonyl (C=O) groups is 2. The molecule has 1 rings (SSSR count). The van der Waals surface area contributed by atoms with Gasteiger partial charge < -0.3 is 21.5 Å². The maximum Gasteiger partial charge on any atom is 0.305 e. The molecule has 0 spiro atoms. The number of rotatable bonds is 6. The Hall–Kier alpha value is -3.01. The van der Waals surface area contributed by atoms with Gasteiger partial charge in [0.05, 0.1) is 17.8 Å². The molecule has 21 heavy (non-hydrogen) atoms. The van der Waals surface area contributed by atoms with Gasteiger partial charge in [-0.1, -0.05) is 6.07 Å². The number of carbonyl (C=O) groups excluding carboxylic acids is 1. The highest BCUT2D eigenvalue weighted by molar-refractivity contribution is 5.97. The number of aliphatic carboxylic acids is 1. The quantitative estimate of drug-likeness (QED) is 0.351. The van der Waals surface area contributed by atoms with Crippen LogP contribution >= 0.6 is 0 Å². The highest BCUT2D eigenvalue weighted by Crippen LogP contribution is 2.19. The average molecular weight is 288 g/mol. The lowest BCUT2D eigenvalue weighted by Gasteiger charge is -2.07. The molecule has 0 bridgehead atoms. The predicted molar refractivity (Wildman–Crippen MR) is 78.2 cm³/mol. The van der Waals surface area contributed by atoms with Crippen molar-refractivity contribution in [1.29, 1.82) is 5.26 Å². The van der Waals surface area contributed by atoms with Gasteiger partial charge in [0.15, 0.2) is 0 Å². The van der Waals surface area contributed by atoms with E-state index in [2.05, 4.69) is 10.6 Å². The predicted octanol–water partition coefficient (Wildman–Crippen LogP) is 0.988. The van der Waals surface area contributed by atoms with Gasteiger partial charge in [-0.3, -0.25) is 9.59 Å². The van der Waals surface area contributed by atoms with Crippen molar-refractivity contribution >= 4 is 23.3 Å². The van der Waals surface area contributed by atoms with Gasteiger partial charge in [0.2, 0.25) is 0 Å². The van der Waals surface area contributed by atoms with E-state index in [-0.39, 0.29) is 18.5 Å². The van der Waals surface area contributed by atoms with E-state index in [0.29, 0.717) is 11.4 Å². The van der Waals surface area contributed by atoms with Crippen LogP contribution in [0, 0.1) is 18.3 Å². The van der Waals surface area contributed by atoms with Crippen molar-refractivity contribution in [3.8, 4) is 6.07 Å². The van der Waals surface area contributed by atoms with Crippen molar-refractivity contribution < 1.29 is 14.7 Å². The number of carboxylic acid groups (broad SMARTS) is 1. The zero-order valence-corrected chi connectivity index (χ0v) is 11.5. The van der Waals surface area contributed by atoms with E-state index in [4.69, 9.17) is 16.1 Å². The summed E-state index contributed by atoms with van der Waals surface area (Å²) in [6.07, 6.45) is 1.03. The molecule has 0 atom stereocenters. The Morgan fingerprint density at radius 1 is 1.48 bits per heavy atom. The van der Waals surface area contributed by atoms with Crippen LogP contribution in [0.2, 0.25) is 0 Å². The number of anilines is 2. The number of nitrogens with one attached hydrogen (secondary N) is 2. The Kier molecular flexibility index (Phi) is 5.77. The molecule has 0 saturated heterocycles. The third-order valence-electron chi connectivity index (χ3n) is 2.57. The molecule has 7 heteroatoms. The van der Waals surface area contributed by atoms with Crippen molar-refractivity contribution in [2.24, 2.45) is 0 Å². The molecule has 1 aromatic carbocycles. The van der Waals surface area contributed by atoms with Gasteiger partial charge in [-0.25, -0.2) is 0 Å². The lowest BCUT2D eigenvalue weighted by atomic mass is 10.2. The normalized spacial score (nSPS) is 10.6. The summed E-state index contributed by atoms with van der Waals surface area (Å²) >= 11 is 0. The smallest absolute Gasteiger partial charge is 0.305 e. The first kappa shape index (κ1) is 16.0. The van der Waals surface area contributed by atoms with Crippen molar-refractivity contribution in [3.63, 3.8) is 0 Å². The zero-order chi connectivity index (χ0) is 15.8. The van der Waals surface area contributed by atoms with E-state index in [1.807, 2.05) is 13.0 Å². The van der Waals surface area contributed by atoms with Crippen molar-refractivity contribution in [3.05, 3.63) is 35.5 Å². The van der Waals surface area contributed by atoms with Crippen LogP contribution in [0.4, 0.5) is 11.4 Å². The lowest BCUT2D eigenvalue weighted by molar-refractivity contribution is -0.136. The molecule has 0 saturated carbocycles. The minimum absolute atomic E-state index is 0.0419. The zero-order valence-electron chi connectivity index (χ0n) is 11.5. The Morgan fingerprint density at radius 3 is 2.81 bits per heavy atom. The number of carboxylic acids is 1. The Balaban J connectivity index is 2.71. The van der Waals surface area contributed by atoms with Gasteiger partial charge in [0.1, 0.15) is 11.6 Å². The Labute approximate surface area is 122 Å². The fourth-order valence-electron chi connectivity index (χ4n) is 1.47. The summed E-state index contributed by atoms with van der Waals surface area (Å²) in [6, 6.07) is 7.08. The molecule has 0 aliphatic rings. The molecule has 1 aromatic rings. The summed E-state index contributed by atoms with van der Waals surface area (Å²) in [5, 5.41) is 22.6. The number of aryl methyl sites for hydroxylation is 1. The molecule has 0 aliphatic heterocycles. The largest absolute Gasteiger partial charge is 0.481 e. The third kappa shape index (κ3) is 5.24. The minimum atomic E-state index is -1.02. The van der Waals surface area contributed by atoms with Crippen LogP contribution in [0.15, 0.2) is 30.0 Å². The summed E-state index contributed by atoms with van der Waals surface area (Å²) in [4.78, 5) is 22.0. The minimum Gasteiger partial charge on any atom is -0.481 e. The first-order chi connectivity index (χ1) is 9.93. The second-order valence-corrected chi connectivity index (χ2v) is 4.30. The Morgan fingerprint density at radius 2 is 2.19 bits per heavy atom. The van der Waals surface area contributed by atoms with Crippen LogP contribution in [0.25, 0.3) is 0 Å². The molecule has 0 aromatic heterocycles. The second-order valence-electron chi connectivity index (χ2n) is 4.30. The fraction of sp³-hybridized carbons (Fsp3) is 0.214. The van der Waals surface area contributed by atoms with E-state index in [1.165, 1.54) is 6.20 Å². The first-order valence-electron chi connectivity index (χ1n) is 6.17. The molecule has 0 unspecified atom stereocenters. The molecule has 0 fully saturated rings. The van der Waals surface area contributed by atoms with Gasteiger partial charge in [-0.2, -0.15) is 5.26 Å². The van der Waals surface area contributed by atoms with Crippen LogP contribution in [-0.4, -0.2) is 23.5 Å². The van der Waals surface area contributed by atoms with Crippen LogP contribution in [0.3, 0.4) is 0 Å². The number of nitrogens with zero attached hydrogens (tertiary/aromatic N) is 1. The van der Waals surface area contributed by atoms with Gasteiger partial charge in [-0.15, -0.1) is 0 Å². The maximum atomic E-state index is 11.7. The van der Waals surface area contributed by atoms with E-state index >= 15 is 0 Å². The summed E-state index contributed by atoms with van der Waals surface area (Å²) < 4.78 is 0. The number of nitrogens with two attached hydrogens (primary N) is 1. The molecule has 0 aliphatic carbocycles. The number of amides is 1. The molecule has 110 valence electrons. The molecular formula is C14H16N4O3. The number of hydrogen-bond acceptors (Lipinski definition) is 5. The molecule has 5 N–H and O–H groups in total. The number of nitriles is 1. The summed E-state index contributed by atoms with van der Waals surface area (Å²) in [7, 11) is 0. The summed E-state index contributed by atoms with van der Waals surface area (Å²) in [5.41, 5.74) is 7.65. The standard InChI is InChI=1S/C14H16N4O3/c1-9-2-3-11(16)12(6-9)18-8-10(7-15)14(21)17-5-4-13(19)20/h2-3,6,8,18H,4-5,16H2,1H3,(H,17,21)(H,19,20)/b10-8-. The van der Waals surface area contributed by atoms with Gasteiger partial charge in [0, 0.05) is 12.7 Å². The summed E-state index contributed by atoms with van der Waals surface area (Å²) in [6.45, 7) is 1.85. The second kappa shape index (κ2) is 7.55. The third-order valence-corrected chi connectivity index (χ3v) is 2.57. The number of nitrogen functional groups attached to an aromatic ring is 1. The van der Waals surface area contributed by atoms with Crippen molar-refractivity contribution in [1.82, 2.24) is 5.32 Å². The van der Waals surface area contributed by atoms with E-state index in [1.54, 1.807) is 18.2 Å². The molecular weight excluding hydrogens is 272 g/mol. The number of hydrogen-bond donors (Lipinski definition) is 4. The lowest BCUT2D eigenvalue weighted by Crippen LogP contribution is -2.27. The van der Waals surface area contributed by atoms with Crippen LogP contribution in [-0.2, 0) is 9.59 Å². The van der Waals surface area contributed by atoms with Gasteiger partial charge in [-0.05, 0) is 24.6 Å². The van der Waals surface area contributed by atoms with Crippen LogP contribution in [0.1, 0.15) is 12.0 Å². The van der Waals surface area contributed by atoms with Crippen LogP contribution in [0.5, 0.6) is 0 Å². The van der Waals surface area contributed by atoms with Gasteiger partial charge in [0.25, 0.3) is 5.91 Å². The molecule has 1 amide bonds. The summed E-state index contributed by atoms with van der Waals surface area (Å²) in [5.74, 6) is -1.67. The van der Waals surface area contributed by atoms with Crippen molar-refractivity contribution in [2.75, 3.05) is 17.6 Å². The first-order valence-corrected chi connectivity index (χ1v) is 6.17. The average Bonchev–Trinajstić information content (AvgIpc) is 2.42. The van der Waals surface area contributed by atoms with E-state index in [9.17, 15) is 9.59 Å². The number of benzene rings is 1.